The third-order valence-corrected chi connectivity index (χ3v) is 5.46. The minimum absolute atomic E-state index is 0.250. The Morgan fingerprint density at radius 1 is 1.20 bits per heavy atom. The Morgan fingerprint density at radius 3 is 2.80 bits per heavy atom. The first-order valence-electron chi connectivity index (χ1n) is 7.91. The van der Waals surface area contributed by atoms with Crippen LogP contribution in [0.5, 0.6) is 5.75 Å². The number of phenols is 1. The number of fused-ring (bicyclic) bond motifs is 1. The number of likely N-dealkylation sites (tertiary alicyclic amines) is 1. The fraction of sp³-hybridized carbons (Fsp3) is 0.647. The normalized spacial score (nSPS) is 28.9. The number of benzene rings is 1. The fourth-order valence-electron chi connectivity index (χ4n) is 4.18. The molecule has 110 valence electrons. The van der Waals surface area contributed by atoms with Crippen molar-refractivity contribution in [1.29, 1.82) is 0 Å². The third-order valence-electron chi connectivity index (χ3n) is 5.22. The van der Waals surface area contributed by atoms with Crippen molar-refractivity contribution in [2.45, 2.75) is 57.5 Å². The van der Waals surface area contributed by atoms with Crippen LogP contribution in [0.15, 0.2) is 18.2 Å². The second kappa shape index (κ2) is 5.95. The highest BCUT2D eigenvalue weighted by molar-refractivity contribution is 6.30. The van der Waals surface area contributed by atoms with Crippen molar-refractivity contribution in [2.75, 3.05) is 6.54 Å². The van der Waals surface area contributed by atoms with Crippen molar-refractivity contribution in [3.63, 3.8) is 0 Å². The molecule has 0 radical (unpaired) electrons. The first kappa shape index (κ1) is 14.2. The maximum absolute atomic E-state index is 10.1. The summed E-state index contributed by atoms with van der Waals surface area (Å²) in [5.74, 6) is 1.24. The molecular weight excluding hydrogens is 270 g/mol. The summed E-state index contributed by atoms with van der Waals surface area (Å²) in [6, 6.07) is 6.35. The molecule has 0 amide bonds. The SMILES string of the molecule is CC(c1cc(Cl)ccc1O)N1CCCC2CCCCC21. The molecule has 20 heavy (non-hydrogen) atoms. The van der Waals surface area contributed by atoms with Crippen LogP contribution in [0.25, 0.3) is 0 Å². The van der Waals surface area contributed by atoms with Gasteiger partial charge in [-0.3, -0.25) is 4.90 Å². The number of hydrogen-bond acceptors (Lipinski definition) is 2. The summed E-state index contributed by atoms with van der Waals surface area (Å²) in [5.41, 5.74) is 0.976. The van der Waals surface area contributed by atoms with Gasteiger partial charge < -0.3 is 5.11 Å². The van der Waals surface area contributed by atoms with E-state index in [-0.39, 0.29) is 6.04 Å². The lowest BCUT2D eigenvalue weighted by molar-refractivity contribution is 0.0301. The van der Waals surface area contributed by atoms with Gasteiger partial charge in [0.2, 0.25) is 0 Å². The second-order valence-electron chi connectivity index (χ2n) is 6.37. The van der Waals surface area contributed by atoms with E-state index >= 15 is 0 Å². The molecule has 3 atom stereocenters. The molecular formula is C17H24ClNO. The number of aromatic hydroxyl groups is 1. The van der Waals surface area contributed by atoms with E-state index in [1.54, 1.807) is 12.1 Å². The lowest BCUT2D eigenvalue weighted by Crippen LogP contribution is -2.47. The molecule has 1 aromatic rings. The molecule has 2 nitrogen and oxygen atoms in total. The predicted molar refractivity (Wildman–Crippen MR) is 83.2 cm³/mol. The zero-order valence-electron chi connectivity index (χ0n) is 12.2. The van der Waals surface area contributed by atoms with Crippen LogP contribution in [0.3, 0.4) is 0 Å². The number of nitrogens with zero attached hydrogens (tertiary/aromatic N) is 1. The zero-order chi connectivity index (χ0) is 14.1. The second-order valence-corrected chi connectivity index (χ2v) is 6.81. The average molecular weight is 294 g/mol. The molecule has 0 aromatic heterocycles. The van der Waals surface area contributed by atoms with Crippen molar-refractivity contribution in [2.24, 2.45) is 5.92 Å². The predicted octanol–water partition coefficient (Wildman–Crippen LogP) is 4.76. The number of halogens is 1. The van der Waals surface area contributed by atoms with Crippen molar-refractivity contribution in [3.8, 4) is 5.75 Å². The molecule has 1 saturated carbocycles. The van der Waals surface area contributed by atoms with Gasteiger partial charge in [0.1, 0.15) is 5.75 Å². The van der Waals surface area contributed by atoms with E-state index in [9.17, 15) is 5.11 Å². The lowest BCUT2D eigenvalue weighted by atomic mass is 9.77. The summed E-state index contributed by atoms with van der Waals surface area (Å²) in [5, 5.41) is 10.9. The van der Waals surface area contributed by atoms with Gasteiger partial charge in [0.15, 0.2) is 0 Å². The van der Waals surface area contributed by atoms with E-state index < -0.39 is 0 Å². The van der Waals surface area contributed by atoms with Gasteiger partial charge in [-0.15, -0.1) is 0 Å². The number of hydrogen-bond donors (Lipinski definition) is 1. The highest BCUT2D eigenvalue weighted by Gasteiger charge is 2.36. The molecule has 2 fully saturated rings. The van der Waals surface area contributed by atoms with Gasteiger partial charge in [-0.1, -0.05) is 24.4 Å². The Morgan fingerprint density at radius 2 is 1.95 bits per heavy atom. The maximum Gasteiger partial charge on any atom is 0.120 e. The molecule has 1 aliphatic heterocycles. The van der Waals surface area contributed by atoms with E-state index in [0.29, 0.717) is 16.8 Å². The van der Waals surface area contributed by atoms with Crippen molar-refractivity contribution < 1.29 is 5.11 Å². The van der Waals surface area contributed by atoms with Crippen LogP contribution < -0.4 is 0 Å². The molecule has 1 aromatic carbocycles. The van der Waals surface area contributed by atoms with E-state index in [4.69, 9.17) is 11.6 Å². The summed E-state index contributed by atoms with van der Waals surface area (Å²) in [4.78, 5) is 2.61. The molecule has 0 bridgehead atoms. The van der Waals surface area contributed by atoms with Crippen LogP contribution in [-0.4, -0.2) is 22.6 Å². The average Bonchev–Trinajstić information content (AvgIpc) is 2.48. The molecule has 1 aliphatic carbocycles. The first-order valence-corrected chi connectivity index (χ1v) is 8.29. The van der Waals surface area contributed by atoms with E-state index in [1.807, 2.05) is 6.07 Å². The van der Waals surface area contributed by atoms with Crippen LogP contribution in [0.1, 0.15) is 57.1 Å². The zero-order valence-corrected chi connectivity index (χ0v) is 12.9. The summed E-state index contributed by atoms with van der Waals surface area (Å²) in [6.07, 6.45) is 8.12. The quantitative estimate of drug-likeness (QED) is 0.850. The van der Waals surface area contributed by atoms with E-state index in [2.05, 4.69) is 11.8 Å². The fourth-order valence-corrected chi connectivity index (χ4v) is 4.36. The molecule has 3 heteroatoms. The maximum atomic E-state index is 10.1. The molecule has 1 N–H and O–H groups in total. The van der Waals surface area contributed by atoms with Gasteiger partial charge in [-0.2, -0.15) is 0 Å². The molecule has 0 spiro atoms. The highest BCUT2D eigenvalue weighted by Crippen LogP contribution is 2.41. The van der Waals surface area contributed by atoms with Crippen LogP contribution in [0, 0.1) is 5.92 Å². The van der Waals surface area contributed by atoms with Gasteiger partial charge >= 0.3 is 0 Å². The van der Waals surface area contributed by atoms with Crippen molar-refractivity contribution in [1.82, 2.24) is 4.90 Å². The van der Waals surface area contributed by atoms with Crippen molar-refractivity contribution in [3.05, 3.63) is 28.8 Å². The van der Waals surface area contributed by atoms with Gasteiger partial charge in [0.25, 0.3) is 0 Å². The minimum atomic E-state index is 0.250. The summed E-state index contributed by atoms with van der Waals surface area (Å²) >= 11 is 6.11. The standard InChI is InChI=1S/C17H24ClNO/c1-12(15-11-14(18)8-9-17(15)20)19-10-4-6-13-5-2-3-7-16(13)19/h8-9,11-13,16,20H,2-7,10H2,1H3. The van der Waals surface area contributed by atoms with Gasteiger partial charge in [-0.25, -0.2) is 0 Å². The largest absolute Gasteiger partial charge is 0.508 e. The van der Waals surface area contributed by atoms with E-state index in [0.717, 1.165) is 18.0 Å². The Bertz CT molecular complexity index is 474. The van der Waals surface area contributed by atoms with Gasteiger partial charge in [0, 0.05) is 22.7 Å². The number of piperidine rings is 1. The summed E-state index contributed by atoms with van der Waals surface area (Å²) < 4.78 is 0. The minimum Gasteiger partial charge on any atom is -0.508 e. The molecule has 3 rings (SSSR count). The summed E-state index contributed by atoms with van der Waals surface area (Å²) in [6.45, 7) is 3.36. The molecule has 3 unspecified atom stereocenters. The van der Waals surface area contributed by atoms with Crippen molar-refractivity contribution >= 4 is 11.6 Å². The molecule has 2 aliphatic rings. The molecule has 1 saturated heterocycles. The van der Waals surface area contributed by atoms with E-state index in [1.165, 1.54) is 38.5 Å². The van der Waals surface area contributed by atoms with Crippen LogP contribution >= 0.6 is 11.6 Å². The summed E-state index contributed by atoms with van der Waals surface area (Å²) in [7, 11) is 0. The Hall–Kier alpha value is -0.730. The topological polar surface area (TPSA) is 23.5 Å². The Kier molecular flexibility index (Phi) is 4.23. The third kappa shape index (κ3) is 2.68. The van der Waals surface area contributed by atoms with Crippen LogP contribution in [-0.2, 0) is 0 Å². The van der Waals surface area contributed by atoms with Crippen LogP contribution in [0.4, 0.5) is 0 Å². The van der Waals surface area contributed by atoms with Gasteiger partial charge in [0.05, 0.1) is 0 Å². The first-order chi connectivity index (χ1) is 9.66. The lowest BCUT2D eigenvalue weighted by Gasteiger charge is -2.47. The number of phenolic OH excluding ortho intramolecular Hbond substituents is 1. The van der Waals surface area contributed by atoms with Crippen LogP contribution in [0.2, 0.25) is 5.02 Å². The highest BCUT2D eigenvalue weighted by atomic mass is 35.5. The smallest absolute Gasteiger partial charge is 0.120 e. The monoisotopic (exact) mass is 293 g/mol. The Balaban J connectivity index is 1.84. The molecule has 1 heterocycles. The van der Waals surface area contributed by atoms with Gasteiger partial charge in [-0.05, 0) is 63.3 Å². The Labute approximate surface area is 126 Å². The number of rotatable bonds is 2.